The summed E-state index contributed by atoms with van der Waals surface area (Å²) < 4.78 is 18.3. The summed E-state index contributed by atoms with van der Waals surface area (Å²) in [7, 11) is 0. The van der Waals surface area contributed by atoms with Crippen LogP contribution in [0.1, 0.15) is 73.1 Å². The van der Waals surface area contributed by atoms with Crippen LogP contribution in [0.25, 0.3) is 0 Å². The Balaban J connectivity index is 2.23. The number of esters is 1. The fraction of sp³-hybridized carbons (Fsp3) is 0.909. The first-order valence-corrected chi connectivity index (χ1v) is 10.9. The topological polar surface area (TPSA) is 102 Å². The van der Waals surface area contributed by atoms with E-state index in [2.05, 4.69) is 6.92 Å². The Bertz CT molecular complexity index is 559. The standard InChI is InChI=1S/C22H38O7/c1-13(2)8-19(24)27-20(16(5)6-7-23)17-9-14(3)11-22(28-17)12-15(4)10-18(29-22)21(25)26/h13-18,20,23H,6-12H2,1-5H3,(H,25,26)/t14-,15+,16-,17-,18-,20-,22-/m1/s1. The summed E-state index contributed by atoms with van der Waals surface area (Å²) in [6.45, 7) is 9.99. The SMILES string of the molecule is CC(C)CC(=O)O[C@H]([C@H](C)CCO)[C@H]1C[C@@H](C)C[C@@]2(C[C@@H](C)C[C@H](C(=O)O)O2)O1. The molecule has 2 N–H and O–H groups in total. The van der Waals surface area contributed by atoms with E-state index in [9.17, 15) is 19.8 Å². The fourth-order valence-electron chi connectivity index (χ4n) is 4.74. The lowest BCUT2D eigenvalue weighted by atomic mass is 9.80. The number of hydrogen-bond donors (Lipinski definition) is 2. The van der Waals surface area contributed by atoms with Gasteiger partial charge in [-0.05, 0) is 42.9 Å². The summed E-state index contributed by atoms with van der Waals surface area (Å²) in [6.07, 6.45) is 1.45. The van der Waals surface area contributed by atoms with Crippen molar-refractivity contribution < 1.29 is 34.0 Å². The van der Waals surface area contributed by atoms with Crippen LogP contribution in [-0.2, 0) is 23.8 Å². The Kier molecular flexibility index (Phi) is 8.49. The van der Waals surface area contributed by atoms with Gasteiger partial charge in [0, 0.05) is 25.9 Å². The van der Waals surface area contributed by atoms with E-state index >= 15 is 0 Å². The van der Waals surface area contributed by atoms with Gasteiger partial charge < -0.3 is 24.4 Å². The van der Waals surface area contributed by atoms with Crippen LogP contribution >= 0.6 is 0 Å². The van der Waals surface area contributed by atoms with E-state index in [1.54, 1.807) is 0 Å². The van der Waals surface area contributed by atoms with Gasteiger partial charge in [0.15, 0.2) is 11.9 Å². The minimum absolute atomic E-state index is 0.00143. The maximum absolute atomic E-state index is 12.4. The van der Waals surface area contributed by atoms with E-state index < -0.39 is 30.1 Å². The van der Waals surface area contributed by atoms with Crippen LogP contribution in [0, 0.1) is 23.7 Å². The summed E-state index contributed by atoms with van der Waals surface area (Å²) >= 11 is 0. The van der Waals surface area contributed by atoms with E-state index in [4.69, 9.17) is 14.2 Å². The van der Waals surface area contributed by atoms with E-state index in [1.165, 1.54) is 0 Å². The summed E-state index contributed by atoms with van der Waals surface area (Å²) in [5, 5.41) is 18.9. The normalized spacial score (nSPS) is 34.7. The van der Waals surface area contributed by atoms with Gasteiger partial charge in [-0.15, -0.1) is 0 Å². The molecule has 1 spiro atoms. The molecule has 0 saturated carbocycles. The number of carboxylic acids is 1. The van der Waals surface area contributed by atoms with Crippen molar-refractivity contribution >= 4 is 11.9 Å². The molecule has 29 heavy (non-hydrogen) atoms. The second-order valence-electron chi connectivity index (χ2n) is 9.64. The molecular formula is C22H38O7. The lowest BCUT2D eigenvalue weighted by Gasteiger charge is -2.50. The molecule has 0 radical (unpaired) electrons. The predicted molar refractivity (Wildman–Crippen MR) is 107 cm³/mol. The maximum atomic E-state index is 12.4. The van der Waals surface area contributed by atoms with Gasteiger partial charge in [0.25, 0.3) is 0 Å². The van der Waals surface area contributed by atoms with Gasteiger partial charge in [-0.3, -0.25) is 4.79 Å². The molecule has 7 nitrogen and oxygen atoms in total. The third-order valence-electron chi connectivity index (χ3n) is 5.92. The van der Waals surface area contributed by atoms with Crippen molar-refractivity contribution in [2.45, 2.75) is 97.2 Å². The average molecular weight is 415 g/mol. The largest absolute Gasteiger partial charge is 0.479 e. The second-order valence-corrected chi connectivity index (χ2v) is 9.64. The van der Waals surface area contributed by atoms with Crippen LogP contribution in [0.15, 0.2) is 0 Å². The molecule has 0 unspecified atom stereocenters. The summed E-state index contributed by atoms with van der Waals surface area (Å²) in [6, 6.07) is 0. The van der Waals surface area contributed by atoms with Crippen LogP contribution in [0.2, 0.25) is 0 Å². The number of carbonyl (C=O) groups excluding carboxylic acids is 1. The first kappa shape index (κ1) is 24.1. The van der Waals surface area contributed by atoms with E-state index in [0.717, 1.165) is 0 Å². The number of hydrogen-bond acceptors (Lipinski definition) is 6. The summed E-state index contributed by atoms with van der Waals surface area (Å²) in [5.74, 6) is -1.71. The van der Waals surface area contributed by atoms with Crippen molar-refractivity contribution in [3.8, 4) is 0 Å². The molecule has 2 rings (SSSR count). The zero-order valence-corrected chi connectivity index (χ0v) is 18.4. The number of ether oxygens (including phenoxy) is 3. The minimum atomic E-state index is -0.970. The van der Waals surface area contributed by atoms with Gasteiger partial charge in [-0.25, -0.2) is 4.79 Å². The second kappa shape index (κ2) is 10.2. The third-order valence-corrected chi connectivity index (χ3v) is 5.92. The Morgan fingerprint density at radius 1 is 1.10 bits per heavy atom. The molecule has 0 aromatic rings. The number of carbonyl (C=O) groups is 2. The van der Waals surface area contributed by atoms with Crippen molar-refractivity contribution in [2.24, 2.45) is 23.7 Å². The van der Waals surface area contributed by atoms with E-state index in [0.29, 0.717) is 38.5 Å². The highest BCUT2D eigenvalue weighted by Gasteiger charge is 2.50. The first-order valence-electron chi connectivity index (χ1n) is 10.9. The number of carboxylic acid groups (broad SMARTS) is 1. The Morgan fingerprint density at radius 2 is 1.72 bits per heavy atom. The number of aliphatic hydroxyl groups excluding tert-OH is 1. The van der Waals surface area contributed by atoms with Crippen LogP contribution in [0.3, 0.4) is 0 Å². The molecule has 168 valence electrons. The highest BCUT2D eigenvalue weighted by Crippen LogP contribution is 2.45. The van der Waals surface area contributed by atoms with Crippen LogP contribution < -0.4 is 0 Å². The monoisotopic (exact) mass is 414 g/mol. The van der Waals surface area contributed by atoms with Gasteiger partial charge >= 0.3 is 11.9 Å². The zero-order valence-electron chi connectivity index (χ0n) is 18.4. The highest BCUT2D eigenvalue weighted by molar-refractivity contribution is 5.72. The fourth-order valence-corrected chi connectivity index (χ4v) is 4.74. The van der Waals surface area contributed by atoms with Crippen molar-refractivity contribution in [1.29, 1.82) is 0 Å². The third kappa shape index (κ3) is 6.66. The Labute approximate surface area is 174 Å². The van der Waals surface area contributed by atoms with Gasteiger partial charge in [0.05, 0.1) is 6.10 Å². The van der Waals surface area contributed by atoms with Crippen LogP contribution in [-0.4, -0.2) is 52.9 Å². The zero-order chi connectivity index (χ0) is 21.8. The minimum Gasteiger partial charge on any atom is -0.479 e. The lowest BCUT2D eigenvalue weighted by Crippen LogP contribution is -2.56. The van der Waals surface area contributed by atoms with E-state index in [-0.39, 0.29) is 36.2 Å². The number of aliphatic hydroxyl groups is 1. The molecule has 0 aliphatic carbocycles. The molecule has 0 aromatic carbocycles. The molecule has 0 aromatic heterocycles. The van der Waals surface area contributed by atoms with Gasteiger partial charge in [0.1, 0.15) is 6.10 Å². The molecule has 2 aliphatic heterocycles. The number of aliphatic carboxylic acids is 1. The van der Waals surface area contributed by atoms with Crippen LogP contribution in [0.4, 0.5) is 0 Å². The lowest BCUT2D eigenvalue weighted by molar-refractivity contribution is -0.337. The van der Waals surface area contributed by atoms with Gasteiger partial charge in [-0.2, -0.15) is 0 Å². The highest BCUT2D eigenvalue weighted by atomic mass is 16.7. The average Bonchev–Trinajstić information content (AvgIpc) is 2.57. The molecule has 7 atom stereocenters. The van der Waals surface area contributed by atoms with Gasteiger partial charge in [-0.1, -0.05) is 34.6 Å². The molecule has 2 aliphatic rings. The van der Waals surface area contributed by atoms with Crippen molar-refractivity contribution in [3.63, 3.8) is 0 Å². The van der Waals surface area contributed by atoms with Crippen molar-refractivity contribution in [2.75, 3.05) is 6.61 Å². The van der Waals surface area contributed by atoms with E-state index in [1.807, 2.05) is 27.7 Å². The van der Waals surface area contributed by atoms with Crippen molar-refractivity contribution in [3.05, 3.63) is 0 Å². The summed E-state index contributed by atoms with van der Waals surface area (Å²) in [5.41, 5.74) is 0. The molecule has 2 saturated heterocycles. The quantitative estimate of drug-likeness (QED) is 0.587. The number of rotatable bonds is 8. The molecule has 2 fully saturated rings. The molecule has 7 heteroatoms. The maximum Gasteiger partial charge on any atom is 0.332 e. The first-order chi connectivity index (χ1) is 13.5. The Hall–Kier alpha value is -1.18. The molecule has 0 bridgehead atoms. The smallest absolute Gasteiger partial charge is 0.332 e. The van der Waals surface area contributed by atoms with Gasteiger partial charge in [0.2, 0.25) is 0 Å². The summed E-state index contributed by atoms with van der Waals surface area (Å²) in [4.78, 5) is 24.0. The molecular weight excluding hydrogens is 376 g/mol. The molecule has 0 amide bonds. The predicted octanol–water partition coefficient (Wildman–Crippen LogP) is 3.37. The molecule has 2 heterocycles. The van der Waals surface area contributed by atoms with Crippen molar-refractivity contribution in [1.82, 2.24) is 0 Å². The Morgan fingerprint density at radius 3 is 2.28 bits per heavy atom. The van der Waals surface area contributed by atoms with Crippen LogP contribution in [0.5, 0.6) is 0 Å².